The maximum Gasteiger partial charge on any atom is 0.249 e. The van der Waals surface area contributed by atoms with E-state index in [2.05, 4.69) is 17.6 Å². The number of carbonyl (C=O) groups excluding carboxylic acids is 2. The fourth-order valence-electron chi connectivity index (χ4n) is 2.60. The molecule has 2 rings (SSSR count). The van der Waals surface area contributed by atoms with Crippen molar-refractivity contribution in [2.45, 2.75) is 32.4 Å². The maximum atomic E-state index is 12.0. The number of hydrogen-bond acceptors (Lipinski definition) is 4. The van der Waals surface area contributed by atoms with Gasteiger partial charge in [-0.15, -0.1) is 0 Å². The number of amides is 2. The van der Waals surface area contributed by atoms with Crippen molar-refractivity contribution in [1.82, 2.24) is 10.6 Å². The van der Waals surface area contributed by atoms with Crippen LogP contribution in [0, 0.1) is 0 Å². The average Bonchev–Trinajstić information content (AvgIpc) is 2.45. The lowest BCUT2D eigenvalue weighted by molar-refractivity contribution is -0.132. The zero-order chi connectivity index (χ0) is 14.7. The third-order valence-corrected chi connectivity index (χ3v) is 3.79. The highest BCUT2D eigenvalue weighted by Gasteiger charge is 2.33. The first-order chi connectivity index (χ1) is 9.58. The van der Waals surface area contributed by atoms with Crippen molar-refractivity contribution in [1.29, 1.82) is 0 Å². The third-order valence-electron chi connectivity index (χ3n) is 3.79. The Kier molecular flexibility index (Phi) is 4.39. The quantitative estimate of drug-likeness (QED) is 0.811. The molecule has 2 atom stereocenters. The van der Waals surface area contributed by atoms with Crippen LogP contribution in [0.3, 0.4) is 0 Å². The van der Waals surface area contributed by atoms with E-state index in [-0.39, 0.29) is 30.4 Å². The molecule has 2 unspecified atom stereocenters. The molecule has 1 fully saturated rings. The van der Waals surface area contributed by atoms with Gasteiger partial charge in [0.25, 0.3) is 0 Å². The summed E-state index contributed by atoms with van der Waals surface area (Å²) in [6.07, 6.45) is 0.668. The molecule has 1 saturated heterocycles. The summed E-state index contributed by atoms with van der Waals surface area (Å²) in [4.78, 5) is 25.6. The lowest BCUT2D eigenvalue weighted by atomic mass is 10.0. The monoisotopic (exact) mass is 275 g/mol. The molecule has 1 aromatic rings. The minimum atomic E-state index is -0.294. The summed E-state index contributed by atoms with van der Waals surface area (Å²) < 4.78 is 0. The van der Waals surface area contributed by atoms with Crippen LogP contribution in [-0.4, -0.2) is 31.4 Å². The van der Waals surface area contributed by atoms with Gasteiger partial charge < -0.3 is 10.2 Å². The molecule has 1 aromatic carbocycles. The van der Waals surface area contributed by atoms with E-state index in [0.717, 1.165) is 11.3 Å². The van der Waals surface area contributed by atoms with Crippen LogP contribution in [0.4, 0.5) is 5.69 Å². The first kappa shape index (κ1) is 14.5. The predicted octanol–water partition coefficient (Wildman–Crippen LogP) is 1.21. The molecule has 5 nitrogen and oxygen atoms in total. The first-order valence-electron chi connectivity index (χ1n) is 6.95. The fraction of sp³-hybridized carbons (Fsp3) is 0.467. The van der Waals surface area contributed by atoms with Crippen LogP contribution in [0.1, 0.15) is 31.9 Å². The Morgan fingerprint density at radius 3 is 2.75 bits per heavy atom. The lowest BCUT2D eigenvalue weighted by Crippen LogP contribution is -2.58. The second kappa shape index (κ2) is 6.05. The van der Waals surface area contributed by atoms with Gasteiger partial charge in [-0.1, -0.05) is 25.1 Å². The Morgan fingerprint density at radius 1 is 1.40 bits per heavy atom. The zero-order valence-corrected chi connectivity index (χ0v) is 12.1. The molecule has 108 valence electrons. The smallest absolute Gasteiger partial charge is 0.249 e. The number of nitrogens with one attached hydrogen (secondary N) is 2. The van der Waals surface area contributed by atoms with Gasteiger partial charge in [-0.3, -0.25) is 14.9 Å². The van der Waals surface area contributed by atoms with Crippen molar-refractivity contribution in [3.05, 3.63) is 29.8 Å². The molecule has 2 N–H and O–H groups in total. The lowest BCUT2D eigenvalue weighted by Gasteiger charge is -2.37. The normalized spacial score (nSPS) is 20.8. The Hall–Kier alpha value is -1.88. The highest BCUT2D eigenvalue weighted by atomic mass is 16.2. The van der Waals surface area contributed by atoms with Crippen molar-refractivity contribution in [3.63, 3.8) is 0 Å². The highest BCUT2D eigenvalue weighted by molar-refractivity contribution is 6.04. The molecule has 5 heteroatoms. The highest BCUT2D eigenvalue weighted by Crippen LogP contribution is 2.29. The molecular weight excluding hydrogens is 254 g/mol. The van der Waals surface area contributed by atoms with Gasteiger partial charge in [-0.25, -0.2) is 0 Å². The van der Waals surface area contributed by atoms with E-state index in [0.29, 0.717) is 6.42 Å². The number of hydrogen-bond donors (Lipinski definition) is 2. The van der Waals surface area contributed by atoms with E-state index in [1.54, 1.807) is 0 Å². The standard InChI is InChI=1S/C15H21N3O2/c1-4-12-15(20)17-14(19)9-18(12)13-8-6-5-7-11(13)10(2)16-3/h5-8,10,12,16H,4,9H2,1-3H3,(H,17,19,20). The van der Waals surface area contributed by atoms with E-state index in [9.17, 15) is 9.59 Å². The summed E-state index contributed by atoms with van der Waals surface area (Å²) in [5.41, 5.74) is 2.04. The van der Waals surface area contributed by atoms with Crippen molar-refractivity contribution in [2.75, 3.05) is 18.5 Å². The van der Waals surface area contributed by atoms with E-state index in [1.807, 2.05) is 43.1 Å². The zero-order valence-electron chi connectivity index (χ0n) is 12.1. The van der Waals surface area contributed by atoms with Crippen LogP contribution in [0.5, 0.6) is 0 Å². The van der Waals surface area contributed by atoms with Crippen LogP contribution in [0.15, 0.2) is 24.3 Å². The number of nitrogens with zero attached hydrogens (tertiary/aromatic N) is 1. The maximum absolute atomic E-state index is 12.0. The fourth-order valence-corrected chi connectivity index (χ4v) is 2.60. The SMILES string of the molecule is CCC1C(=O)NC(=O)CN1c1ccccc1C(C)NC. The molecule has 1 aliphatic heterocycles. The Labute approximate surface area is 119 Å². The van der Waals surface area contributed by atoms with Crippen LogP contribution in [0.25, 0.3) is 0 Å². The van der Waals surface area contributed by atoms with Crippen molar-refractivity contribution in [3.8, 4) is 0 Å². The molecule has 0 spiro atoms. The molecule has 1 aliphatic rings. The number of benzene rings is 1. The van der Waals surface area contributed by atoms with Gasteiger partial charge in [-0.05, 0) is 32.0 Å². The van der Waals surface area contributed by atoms with Gasteiger partial charge in [0.1, 0.15) is 6.04 Å². The molecule has 2 amide bonds. The average molecular weight is 275 g/mol. The molecule has 0 saturated carbocycles. The topological polar surface area (TPSA) is 61.4 Å². The summed E-state index contributed by atoms with van der Waals surface area (Å²) in [6.45, 7) is 4.24. The Morgan fingerprint density at radius 2 is 2.10 bits per heavy atom. The van der Waals surface area contributed by atoms with E-state index in [4.69, 9.17) is 0 Å². The number of imide groups is 1. The number of carbonyl (C=O) groups is 2. The molecule has 0 aliphatic carbocycles. The summed E-state index contributed by atoms with van der Waals surface area (Å²) in [6, 6.07) is 7.77. The molecule has 0 aromatic heterocycles. The minimum Gasteiger partial charge on any atom is -0.350 e. The Balaban J connectivity index is 2.42. The molecular formula is C15H21N3O2. The summed E-state index contributed by atoms with van der Waals surface area (Å²) >= 11 is 0. The second-order valence-electron chi connectivity index (χ2n) is 5.03. The summed E-state index contributed by atoms with van der Waals surface area (Å²) in [5.74, 6) is -0.456. The summed E-state index contributed by atoms with van der Waals surface area (Å²) in [7, 11) is 1.90. The summed E-state index contributed by atoms with van der Waals surface area (Å²) in [5, 5.41) is 5.61. The van der Waals surface area contributed by atoms with Gasteiger partial charge >= 0.3 is 0 Å². The number of piperazine rings is 1. The van der Waals surface area contributed by atoms with Crippen LogP contribution in [0.2, 0.25) is 0 Å². The Bertz CT molecular complexity index is 516. The molecule has 0 radical (unpaired) electrons. The van der Waals surface area contributed by atoms with Crippen LogP contribution >= 0.6 is 0 Å². The number of para-hydroxylation sites is 1. The predicted molar refractivity (Wildman–Crippen MR) is 78.5 cm³/mol. The third kappa shape index (κ3) is 2.67. The molecule has 20 heavy (non-hydrogen) atoms. The van der Waals surface area contributed by atoms with E-state index < -0.39 is 0 Å². The van der Waals surface area contributed by atoms with Crippen molar-refractivity contribution < 1.29 is 9.59 Å². The van der Waals surface area contributed by atoms with E-state index in [1.165, 1.54) is 0 Å². The number of rotatable bonds is 4. The van der Waals surface area contributed by atoms with Gasteiger partial charge in [-0.2, -0.15) is 0 Å². The van der Waals surface area contributed by atoms with Crippen molar-refractivity contribution >= 4 is 17.5 Å². The van der Waals surface area contributed by atoms with Crippen LogP contribution in [-0.2, 0) is 9.59 Å². The van der Waals surface area contributed by atoms with E-state index >= 15 is 0 Å². The van der Waals surface area contributed by atoms with Gasteiger partial charge in [0, 0.05) is 11.7 Å². The van der Waals surface area contributed by atoms with Crippen LogP contribution < -0.4 is 15.5 Å². The molecule has 0 bridgehead atoms. The first-order valence-corrected chi connectivity index (χ1v) is 6.95. The van der Waals surface area contributed by atoms with Gasteiger partial charge in [0.05, 0.1) is 6.54 Å². The van der Waals surface area contributed by atoms with Gasteiger partial charge in [0.2, 0.25) is 11.8 Å². The minimum absolute atomic E-state index is 0.156. The second-order valence-corrected chi connectivity index (χ2v) is 5.03. The van der Waals surface area contributed by atoms with Gasteiger partial charge in [0.15, 0.2) is 0 Å². The molecule has 1 heterocycles. The van der Waals surface area contributed by atoms with Crippen molar-refractivity contribution in [2.24, 2.45) is 0 Å². The largest absolute Gasteiger partial charge is 0.350 e. The number of anilines is 1.